The van der Waals surface area contributed by atoms with Gasteiger partial charge in [0.05, 0.1) is 18.3 Å². The van der Waals surface area contributed by atoms with E-state index in [-0.39, 0.29) is 0 Å². The molecule has 0 amide bonds. The summed E-state index contributed by atoms with van der Waals surface area (Å²) in [6.45, 7) is 0. The van der Waals surface area contributed by atoms with Crippen LogP contribution in [-0.4, -0.2) is 12.1 Å². The molecule has 0 atom stereocenters. The second-order valence-corrected chi connectivity index (χ2v) is 5.26. The minimum atomic E-state index is 0.828. The van der Waals surface area contributed by atoms with Crippen LogP contribution in [0.3, 0.4) is 0 Å². The van der Waals surface area contributed by atoms with Crippen LogP contribution in [0.2, 0.25) is 0 Å². The first-order valence-electron chi connectivity index (χ1n) is 7.29. The van der Waals surface area contributed by atoms with E-state index in [0.717, 1.165) is 27.9 Å². The van der Waals surface area contributed by atoms with Crippen LogP contribution in [-0.2, 0) is 0 Å². The van der Waals surface area contributed by atoms with Gasteiger partial charge in [0.1, 0.15) is 5.75 Å². The standard InChI is InChI=1S/C20H15NO/c1-22-15-11-12-17-16-9-5-6-10-18(16)20(21-19(17)13-15)14-7-3-2-4-8-14/h2-13H,1H3. The number of hydrogen-bond acceptors (Lipinski definition) is 2. The summed E-state index contributed by atoms with van der Waals surface area (Å²) in [5, 5.41) is 3.54. The number of ether oxygens (including phenoxy) is 1. The molecule has 0 saturated heterocycles. The first-order chi connectivity index (χ1) is 10.9. The fraction of sp³-hybridized carbons (Fsp3) is 0.0500. The zero-order valence-corrected chi connectivity index (χ0v) is 12.3. The Kier molecular flexibility index (Phi) is 3.01. The van der Waals surface area contributed by atoms with Crippen LogP contribution in [0.4, 0.5) is 0 Å². The van der Waals surface area contributed by atoms with Gasteiger partial charge in [0.25, 0.3) is 0 Å². The highest BCUT2D eigenvalue weighted by Gasteiger charge is 2.10. The number of benzene rings is 3. The maximum Gasteiger partial charge on any atom is 0.121 e. The highest BCUT2D eigenvalue weighted by Crippen LogP contribution is 2.33. The molecule has 0 spiro atoms. The molecule has 3 aromatic carbocycles. The summed E-state index contributed by atoms with van der Waals surface area (Å²) in [5.41, 5.74) is 3.09. The minimum Gasteiger partial charge on any atom is -0.497 e. The largest absolute Gasteiger partial charge is 0.497 e. The Morgan fingerprint density at radius 2 is 1.45 bits per heavy atom. The highest BCUT2D eigenvalue weighted by molar-refractivity contribution is 6.11. The first kappa shape index (κ1) is 12.8. The number of hydrogen-bond donors (Lipinski definition) is 0. The number of rotatable bonds is 2. The van der Waals surface area contributed by atoms with E-state index in [1.54, 1.807) is 7.11 Å². The number of fused-ring (bicyclic) bond motifs is 3. The van der Waals surface area contributed by atoms with Crippen molar-refractivity contribution in [3.8, 4) is 17.0 Å². The van der Waals surface area contributed by atoms with Crippen molar-refractivity contribution in [2.45, 2.75) is 0 Å². The van der Waals surface area contributed by atoms with Crippen molar-refractivity contribution in [2.75, 3.05) is 7.11 Å². The molecule has 0 aliphatic carbocycles. The van der Waals surface area contributed by atoms with Gasteiger partial charge in [-0.05, 0) is 17.5 Å². The van der Waals surface area contributed by atoms with Gasteiger partial charge in [0.15, 0.2) is 0 Å². The molecular weight excluding hydrogens is 270 g/mol. The van der Waals surface area contributed by atoms with Crippen LogP contribution in [0.15, 0.2) is 72.8 Å². The lowest BCUT2D eigenvalue weighted by Gasteiger charge is -2.10. The first-order valence-corrected chi connectivity index (χ1v) is 7.29. The maximum absolute atomic E-state index is 5.34. The monoisotopic (exact) mass is 285 g/mol. The molecule has 0 aliphatic rings. The van der Waals surface area contributed by atoms with Crippen LogP contribution < -0.4 is 4.74 Å². The molecule has 1 heterocycles. The third-order valence-electron chi connectivity index (χ3n) is 3.96. The molecule has 0 unspecified atom stereocenters. The van der Waals surface area contributed by atoms with Gasteiger partial charge in [0, 0.05) is 22.4 Å². The van der Waals surface area contributed by atoms with Crippen molar-refractivity contribution in [3.63, 3.8) is 0 Å². The molecule has 4 rings (SSSR count). The summed E-state index contributed by atoms with van der Waals surface area (Å²) in [7, 11) is 1.68. The molecule has 22 heavy (non-hydrogen) atoms. The molecule has 0 N–H and O–H groups in total. The number of aromatic nitrogens is 1. The van der Waals surface area contributed by atoms with Gasteiger partial charge in [-0.1, -0.05) is 54.6 Å². The molecule has 4 aromatic rings. The van der Waals surface area contributed by atoms with E-state index in [1.807, 2.05) is 30.3 Å². The lowest BCUT2D eigenvalue weighted by Crippen LogP contribution is -1.90. The number of methoxy groups -OCH3 is 1. The average Bonchev–Trinajstić information content (AvgIpc) is 2.61. The Labute approximate surface area is 129 Å². The topological polar surface area (TPSA) is 22.1 Å². The Balaban J connectivity index is 2.14. The molecule has 2 nitrogen and oxygen atoms in total. The predicted molar refractivity (Wildman–Crippen MR) is 91.2 cm³/mol. The van der Waals surface area contributed by atoms with Gasteiger partial charge >= 0.3 is 0 Å². The zero-order chi connectivity index (χ0) is 14.9. The summed E-state index contributed by atoms with van der Waals surface area (Å²) in [4.78, 5) is 4.90. The van der Waals surface area contributed by atoms with E-state index < -0.39 is 0 Å². The molecule has 0 bridgehead atoms. The Morgan fingerprint density at radius 1 is 0.727 bits per heavy atom. The second-order valence-electron chi connectivity index (χ2n) is 5.26. The van der Waals surface area contributed by atoms with E-state index in [4.69, 9.17) is 9.72 Å². The normalized spacial score (nSPS) is 11.0. The molecule has 106 valence electrons. The third-order valence-corrected chi connectivity index (χ3v) is 3.96. The van der Waals surface area contributed by atoms with E-state index in [9.17, 15) is 0 Å². The van der Waals surface area contributed by atoms with Crippen LogP contribution >= 0.6 is 0 Å². The third kappa shape index (κ3) is 2.01. The maximum atomic E-state index is 5.34. The average molecular weight is 285 g/mol. The van der Waals surface area contributed by atoms with Gasteiger partial charge in [-0.2, -0.15) is 0 Å². The van der Waals surface area contributed by atoms with Gasteiger partial charge < -0.3 is 4.74 Å². The predicted octanol–water partition coefficient (Wildman–Crippen LogP) is 5.06. The molecule has 0 fully saturated rings. The Bertz CT molecular complexity index is 961. The minimum absolute atomic E-state index is 0.828. The van der Waals surface area contributed by atoms with Gasteiger partial charge in [-0.25, -0.2) is 4.98 Å². The van der Waals surface area contributed by atoms with Crippen molar-refractivity contribution in [3.05, 3.63) is 72.8 Å². The van der Waals surface area contributed by atoms with Crippen LogP contribution in [0.1, 0.15) is 0 Å². The zero-order valence-electron chi connectivity index (χ0n) is 12.3. The van der Waals surface area contributed by atoms with Gasteiger partial charge in [0.2, 0.25) is 0 Å². The quantitative estimate of drug-likeness (QED) is 0.480. The Hall–Kier alpha value is -2.87. The molecule has 0 aliphatic heterocycles. The molecule has 0 saturated carbocycles. The van der Waals surface area contributed by atoms with E-state index in [0.29, 0.717) is 0 Å². The molecular formula is C20H15NO. The van der Waals surface area contributed by atoms with E-state index in [1.165, 1.54) is 10.8 Å². The molecule has 1 aromatic heterocycles. The van der Waals surface area contributed by atoms with Crippen molar-refractivity contribution < 1.29 is 4.74 Å². The lowest BCUT2D eigenvalue weighted by atomic mass is 10.00. The van der Waals surface area contributed by atoms with Crippen LogP contribution in [0.25, 0.3) is 32.9 Å². The van der Waals surface area contributed by atoms with E-state index in [2.05, 4.69) is 42.5 Å². The van der Waals surface area contributed by atoms with Crippen molar-refractivity contribution >= 4 is 21.7 Å². The highest BCUT2D eigenvalue weighted by atomic mass is 16.5. The van der Waals surface area contributed by atoms with Crippen molar-refractivity contribution in [1.29, 1.82) is 0 Å². The molecule has 0 radical (unpaired) electrons. The summed E-state index contributed by atoms with van der Waals surface area (Å²) in [5.74, 6) is 0.828. The van der Waals surface area contributed by atoms with Crippen LogP contribution in [0, 0.1) is 0 Å². The lowest BCUT2D eigenvalue weighted by molar-refractivity contribution is 0.415. The summed E-state index contributed by atoms with van der Waals surface area (Å²) in [6.07, 6.45) is 0. The second kappa shape index (κ2) is 5.15. The summed E-state index contributed by atoms with van der Waals surface area (Å²) < 4.78 is 5.34. The van der Waals surface area contributed by atoms with Crippen molar-refractivity contribution in [1.82, 2.24) is 4.98 Å². The SMILES string of the molecule is COc1ccc2c(c1)nc(-c1ccccc1)c1ccccc12. The van der Waals surface area contributed by atoms with Crippen molar-refractivity contribution in [2.24, 2.45) is 0 Å². The fourth-order valence-electron chi connectivity index (χ4n) is 2.88. The molecule has 2 heteroatoms. The van der Waals surface area contributed by atoms with Gasteiger partial charge in [-0.15, -0.1) is 0 Å². The van der Waals surface area contributed by atoms with Gasteiger partial charge in [-0.3, -0.25) is 0 Å². The Morgan fingerprint density at radius 3 is 2.23 bits per heavy atom. The number of nitrogens with zero attached hydrogens (tertiary/aromatic N) is 1. The summed E-state index contributed by atoms with van der Waals surface area (Å²) >= 11 is 0. The van der Waals surface area contributed by atoms with E-state index >= 15 is 0 Å². The summed E-state index contributed by atoms with van der Waals surface area (Å²) in [6, 6.07) is 24.8. The number of pyridine rings is 1. The fourth-order valence-corrected chi connectivity index (χ4v) is 2.88. The van der Waals surface area contributed by atoms with Crippen LogP contribution in [0.5, 0.6) is 5.75 Å². The smallest absolute Gasteiger partial charge is 0.121 e.